The Labute approximate surface area is 146 Å². The van der Waals surface area contributed by atoms with Crippen molar-refractivity contribution < 1.29 is 19.3 Å². The molecular formula is C20H19NO4. The van der Waals surface area contributed by atoms with Gasteiger partial charge in [0.25, 0.3) is 0 Å². The highest BCUT2D eigenvalue weighted by molar-refractivity contribution is 5.87. The van der Waals surface area contributed by atoms with Crippen LogP contribution in [0, 0.1) is 0 Å². The molecule has 5 heteroatoms. The summed E-state index contributed by atoms with van der Waals surface area (Å²) in [6.07, 6.45) is 3.18. The van der Waals surface area contributed by atoms with E-state index in [-0.39, 0.29) is 6.61 Å². The lowest BCUT2D eigenvalue weighted by Gasteiger charge is -2.37. The van der Waals surface area contributed by atoms with Gasteiger partial charge < -0.3 is 24.2 Å². The van der Waals surface area contributed by atoms with E-state index in [1.807, 2.05) is 6.07 Å². The van der Waals surface area contributed by atoms with Gasteiger partial charge in [-0.25, -0.2) is 0 Å². The van der Waals surface area contributed by atoms with E-state index in [1.165, 1.54) is 16.8 Å². The molecule has 3 heterocycles. The van der Waals surface area contributed by atoms with Crippen molar-refractivity contribution in [2.24, 2.45) is 0 Å². The predicted octanol–water partition coefficient (Wildman–Crippen LogP) is 2.79. The van der Waals surface area contributed by atoms with Gasteiger partial charge in [-0.05, 0) is 35.8 Å². The Kier molecular flexibility index (Phi) is 3.18. The summed E-state index contributed by atoms with van der Waals surface area (Å²) in [4.78, 5) is 2.37. The lowest BCUT2D eigenvalue weighted by molar-refractivity contribution is 0.174. The van der Waals surface area contributed by atoms with Crippen LogP contribution in [0.25, 0.3) is 11.8 Å². The molecule has 0 saturated carbocycles. The maximum absolute atomic E-state index is 9.57. The summed E-state index contributed by atoms with van der Waals surface area (Å²) in [5.41, 5.74) is 6.85. The van der Waals surface area contributed by atoms with Crippen molar-refractivity contribution in [3.8, 4) is 17.2 Å². The molecule has 0 aromatic heterocycles. The lowest BCUT2D eigenvalue weighted by atomic mass is 9.89. The summed E-state index contributed by atoms with van der Waals surface area (Å²) in [5, 5.41) is 9.57. The van der Waals surface area contributed by atoms with Crippen molar-refractivity contribution in [3.05, 3.63) is 52.1 Å². The lowest BCUT2D eigenvalue weighted by Crippen LogP contribution is -2.31. The molecule has 0 fully saturated rings. The molecule has 0 amide bonds. The van der Waals surface area contributed by atoms with Crippen LogP contribution >= 0.6 is 0 Å². The minimum absolute atomic E-state index is 0.0145. The molecule has 2 aromatic carbocycles. The van der Waals surface area contributed by atoms with Crippen LogP contribution in [0.3, 0.4) is 0 Å². The van der Waals surface area contributed by atoms with Crippen molar-refractivity contribution in [1.82, 2.24) is 4.90 Å². The number of aliphatic hydroxyl groups excluding tert-OH is 1. The largest absolute Gasteiger partial charge is 0.496 e. The molecule has 0 bridgehead atoms. The third kappa shape index (κ3) is 2.12. The van der Waals surface area contributed by atoms with Crippen LogP contribution in [0.4, 0.5) is 0 Å². The molecule has 0 aliphatic carbocycles. The number of nitrogens with zero attached hydrogens (tertiary/aromatic N) is 1. The summed E-state index contributed by atoms with van der Waals surface area (Å²) >= 11 is 0. The zero-order valence-electron chi connectivity index (χ0n) is 14.0. The summed E-state index contributed by atoms with van der Waals surface area (Å²) in [6, 6.07) is 8.21. The highest BCUT2D eigenvalue weighted by atomic mass is 16.7. The topological polar surface area (TPSA) is 51.2 Å². The monoisotopic (exact) mass is 337 g/mol. The third-order valence-corrected chi connectivity index (χ3v) is 5.26. The van der Waals surface area contributed by atoms with Gasteiger partial charge in [0.2, 0.25) is 6.79 Å². The number of fused-ring (bicyclic) bond motifs is 5. The first kappa shape index (κ1) is 14.7. The Morgan fingerprint density at radius 1 is 1.20 bits per heavy atom. The van der Waals surface area contributed by atoms with Gasteiger partial charge in [0.05, 0.1) is 13.7 Å². The number of rotatable bonds is 2. The van der Waals surface area contributed by atoms with E-state index in [4.69, 9.17) is 14.2 Å². The van der Waals surface area contributed by atoms with Gasteiger partial charge in [-0.2, -0.15) is 0 Å². The molecule has 3 aliphatic rings. The maximum atomic E-state index is 9.57. The minimum atomic E-state index is -0.0145. The van der Waals surface area contributed by atoms with Crippen LogP contribution in [0.15, 0.2) is 24.3 Å². The van der Waals surface area contributed by atoms with Gasteiger partial charge in [0, 0.05) is 35.5 Å². The Morgan fingerprint density at radius 3 is 2.84 bits per heavy atom. The molecule has 2 aromatic rings. The Bertz CT molecular complexity index is 903. The predicted molar refractivity (Wildman–Crippen MR) is 93.5 cm³/mol. The van der Waals surface area contributed by atoms with Crippen LogP contribution in [-0.2, 0) is 19.6 Å². The number of methoxy groups -OCH3 is 1. The average Bonchev–Trinajstić information content (AvgIpc) is 3.11. The fourth-order valence-corrected chi connectivity index (χ4v) is 4.02. The van der Waals surface area contributed by atoms with Crippen LogP contribution in [0.1, 0.15) is 27.8 Å². The van der Waals surface area contributed by atoms with E-state index in [1.54, 1.807) is 7.11 Å². The summed E-state index contributed by atoms with van der Waals surface area (Å²) in [6.45, 7) is 2.01. The standard InChI is InChI=1S/C20H19NO4/c1-23-20-14(10-22)3-2-12-6-17-15-8-19-18(24-11-25-19)7-13(15)4-5-21(17)9-16(12)20/h2-3,6-8,22H,4-5,9-11H2,1H3. The smallest absolute Gasteiger partial charge is 0.231 e. The van der Waals surface area contributed by atoms with Gasteiger partial charge in [-0.3, -0.25) is 0 Å². The number of hydrogen-bond acceptors (Lipinski definition) is 5. The summed E-state index contributed by atoms with van der Waals surface area (Å²) in [5.74, 6) is 2.46. The molecule has 25 heavy (non-hydrogen) atoms. The highest BCUT2D eigenvalue weighted by Gasteiger charge is 2.29. The first-order valence-corrected chi connectivity index (χ1v) is 8.47. The van der Waals surface area contributed by atoms with Crippen molar-refractivity contribution in [3.63, 3.8) is 0 Å². The van der Waals surface area contributed by atoms with Crippen LogP contribution in [0.2, 0.25) is 0 Å². The number of hydrogen-bond donors (Lipinski definition) is 1. The molecule has 0 unspecified atom stereocenters. The zero-order valence-corrected chi connectivity index (χ0v) is 14.0. The Balaban J connectivity index is 1.66. The second-order valence-electron chi connectivity index (χ2n) is 6.55. The molecule has 0 radical (unpaired) electrons. The maximum Gasteiger partial charge on any atom is 0.231 e. The Hall–Kier alpha value is -2.66. The highest BCUT2D eigenvalue weighted by Crippen LogP contribution is 2.44. The van der Waals surface area contributed by atoms with Crippen molar-refractivity contribution in [2.45, 2.75) is 19.6 Å². The molecule has 3 aliphatic heterocycles. The van der Waals surface area contributed by atoms with Crippen LogP contribution in [-0.4, -0.2) is 30.5 Å². The van der Waals surface area contributed by atoms with Gasteiger partial charge in [-0.1, -0.05) is 12.1 Å². The van der Waals surface area contributed by atoms with E-state index >= 15 is 0 Å². The first-order valence-electron chi connectivity index (χ1n) is 8.47. The van der Waals surface area contributed by atoms with Crippen molar-refractivity contribution >= 4 is 11.8 Å². The molecule has 0 saturated heterocycles. The first-order chi connectivity index (χ1) is 12.3. The average molecular weight is 337 g/mol. The van der Waals surface area contributed by atoms with Gasteiger partial charge in [0.15, 0.2) is 11.5 Å². The second kappa shape index (κ2) is 5.43. The van der Waals surface area contributed by atoms with E-state index in [0.717, 1.165) is 53.4 Å². The number of aliphatic hydroxyl groups is 1. The van der Waals surface area contributed by atoms with E-state index < -0.39 is 0 Å². The fraction of sp³-hybridized carbons (Fsp3) is 0.300. The van der Waals surface area contributed by atoms with Gasteiger partial charge in [0.1, 0.15) is 5.75 Å². The molecule has 0 spiro atoms. The molecule has 0 atom stereocenters. The Morgan fingerprint density at radius 2 is 2.04 bits per heavy atom. The third-order valence-electron chi connectivity index (χ3n) is 5.26. The number of benzene rings is 2. The number of ether oxygens (including phenoxy) is 3. The van der Waals surface area contributed by atoms with E-state index in [2.05, 4.69) is 29.2 Å². The quantitative estimate of drug-likeness (QED) is 0.913. The van der Waals surface area contributed by atoms with Crippen LogP contribution in [0.5, 0.6) is 17.2 Å². The second-order valence-corrected chi connectivity index (χ2v) is 6.55. The summed E-state index contributed by atoms with van der Waals surface area (Å²) < 4.78 is 16.7. The van der Waals surface area contributed by atoms with E-state index in [9.17, 15) is 5.11 Å². The van der Waals surface area contributed by atoms with Gasteiger partial charge in [-0.15, -0.1) is 0 Å². The van der Waals surface area contributed by atoms with Gasteiger partial charge >= 0.3 is 0 Å². The normalized spacial score (nSPS) is 16.7. The molecule has 5 rings (SSSR count). The molecular weight excluding hydrogens is 318 g/mol. The zero-order chi connectivity index (χ0) is 17.0. The van der Waals surface area contributed by atoms with Crippen molar-refractivity contribution in [2.75, 3.05) is 20.4 Å². The molecule has 128 valence electrons. The molecule has 1 N–H and O–H groups in total. The van der Waals surface area contributed by atoms with Crippen LogP contribution < -0.4 is 14.2 Å². The molecule has 5 nitrogen and oxygen atoms in total. The van der Waals surface area contributed by atoms with Crippen molar-refractivity contribution in [1.29, 1.82) is 0 Å². The fourth-order valence-electron chi connectivity index (χ4n) is 4.02. The minimum Gasteiger partial charge on any atom is -0.496 e. The summed E-state index contributed by atoms with van der Waals surface area (Å²) in [7, 11) is 1.67. The SMILES string of the molecule is COc1c(CO)ccc2c1CN1CCc3cc4c(cc3C1=C2)OCO4. The van der Waals surface area contributed by atoms with E-state index in [0.29, 0.717) is 6.79 Å².